The van der Waals surface area contributed by atoms with Gasteiger partial charge in [0.2, 0.25) is 11.9 Å². The number of anilines is 4. The molecule has 2 aliphatic heterocycles. The topological polar surface area (TPSA) is 133 Å². The minimum absolute atomic E-state index is 0.0114. The van der Waals surface area contributed by atoms with E-state index in [1.54, 1.807) is 15.8 Å². The van der Waals surface area contributed by atoms with Gasteiger partial charge < -0.3 is 25.8 Å². The average Bonchev–Trinajstić information content (AvgIpc) is 3.78. The highest BCUT2D eigenvalue weighted by Crippen LogP contribution is 2.39. The summed E-state index contributed by atoms with van der Waals surface area (Å²) in [6, 6.07) is 13.4. The molecule has 3 aromatic heterocycles. The minimum Gasteiger partial charge on any atom is -0.359 e. The van der Waals surface area contributed by atoms with E-state index in [1.807, 2.05) is 69.6 Å². The lowest BCUT2D eigenvalue weighted by atomic mass is 10.1. The second-order valence-electron chi connectivity index (χ2n) is 10.9. The molecule has 0 unspecified atom stereocenters. The van der Waals surface area contributed by atoms with E-state index in [4.69, 9.17) is 4.98 Å². The van der Waals surface area contributed by atoms with Gasteiger partial charge in [0.05, 0.1) is 29.4 Å². The zero-order valence-electron chi connectivity index (χ0n) is 23.7. The molecule has 0 aliphatic carbocycles. The molecule has 0 saturated carbocycles. The van der Waals surface area contributed by atoms with Crippen molar-refractivity contribution < 1.29 is 9.59 Å². The molecule has 2 aromatic carbocycles. The molecule has 1 saturated heterocycles. The Labute approximate surface area is 242 Å². The number of para-hydroxylation sites is 1. The molecule has 1 fully saturated rings. The molecule has 42 heavy (non-hydrogen) atoms. The summed E-state index contributed by atoms with van der Waals surface area (Å²) >= 11 is 0. The molecule has 5 aromatic rings. The first-order valence-corrected chi connectivity index (χ1v) is 14.0. The molecule has 11 heteroatoms. The molecular weight excluding hydrogens is 530 g/mol. The molecule has 1 atom stereocenters. The number of hydrogen-bond donors (Lipinski definition) is 4. The molecule has 7 rings (SSSR count). The van der Waals surface area contributed by atoms with Gasteiger partial charge in [-0.3, -0.25) is 14.3 Å². The number of amides is 2. The van der Waals surface area contributed by atoms with Crippen LogP contribution in [0.1, 0.15) is 33.6 Å². The molecule has 212 valence electrons. The van der Waals surface area contributed by atoms with Crippen molar-refractivity contribution in [2.45, 2.75) is 26.8 Å². The Morgan fingerprint density at radius 2 is 1.98 bits per heavy atom. The monoisotopic (exact) mass is 561 g/mol. The molecule has 2 aliphatic rings. The van der Waals surface area contributed by atoms with E-state index in [1.165, 1.54) is 0 Å². The molecule has 0 bridgehead atoms. The van der Waals surface area contributed by atoms with Crippen LogP contribution in [0.15, 0.2) is 54.9 Å². The van der Waals surface area contributed by atoms with Crippen LogP contribution in [0.4, 0.5) is 23.1 Å². The fourth-order valence-corrected chi connectivity index (χ4v) is 5.83. The normalized spacial score (nSPS) is 16.3. The van der Waals surface area contributed by atoms with E-state index >= 15 is 0 Å². The summed E-state index contributed by atoms with van der Waals surface area (Å²) in [5.41, 5.74) is 7.38. The van der Waals surface area contributed by atoms with Gasteiger partial charge in [0.1, 0.15) is 0 Å². The minimum atomic E-state index is -0.0948. The number of carbonyl (C=O) groups is 2. The maximum atomic E-state index is 13.7. The van der Waals surface area contributed by atoms with Crippen molar-refractivity contribution in [1.29, 1.82) is 0 Å². The summed E-state index contributed by atoms with van der Waals surface area (Å²) in [7, 11) is 1.89. The van der Waals surface area contributed by atoms with Gasteiger partial charge >= 0.3 is 0 Å². The van der Waals surface area contributed by atoms with E-state index in [2.05, 4.69) is 31.0 Å². The van der Waals surface area contributed by atoms with E-state index < -0.39 is 0 Å². The summed E-state index contributed by atoms with van der Waals surface area (Å²) in [6.45, 7) is 5.85. The second kappa shape index (κ2) is 10.1. The van der Waals surface area contributed by atoms with Gasteiger partial charge in [-0.1, -0.05) is 18.2 Å². The second-order valence-corrected chi connectivity index (χ2v) is 10.9. The third-order valence-corrected chi connectivity index (χ3v) is 8.22. The Bertz CT molecular complexity index is 1850. The van der Waals surface area contributed by atoms with Crippen molar-refractivity contribution in [1.82, 2.24) is 30.0 Å². The van der Waals surface area contributed by atoms with Gasteiger partial charge in [-0.2, -0.15) is 5.10 Å². The summed E-state index contributed by atoms with van der Waals surface area (Å²) in [5.74, 6) is 0.959. The number of aromatic nitrogens is 5. The quantitative estimate of drug-likeness (QED) is 0.241. The van der Waals surface area contributed by atoms with Gasteiger partial charge in [-0.05, 0) is 50.6 Å². The number of fused-ring (bicyclic) bond motifs is 2. The molecule has 11 nitrogen and oxygen atoms in total. The molecule has 0 spiro atoms. The highest BCUT2D eigenvalue weighted by atomic mass is 16.2. The van der Waals surface area contributed by atoms with E-state index in [9.17, 15) is 9.59 Å². The van der Waals surface area contributed by atoms with Crippen LogP contribution >= 0.6 is 0 Å². The fourth-order valence-electron chi connectivity index (χ4n) is 5.83. The van der Waals surface area contributed by atoms with Crippen LogP contribution in [0.5, 0.6) is 0 Å². The Kier molecular flexibility index (Phi) is 6.23. The summed E-state index contributed by atoms with van der Waals surface area (Å²) < 4.78 is 1.79. The third kappa shape index (κ3) is 4.38. The smallest absolute Gasteiger partial charge is 0.259 e. The largest absolute Gasteiger partial charge is 0.359 e. The number of hydrogen-bond acceptors (Lipinski definition) is 7. The van der Waals surface area contributed by atoms with Gasteiger partial charge in [-0.25, -0.2) is 9.97 Å². The van der Waals surface area contributed by atoms with Crippen molar-refractivity contribution in [3.05, 3.63) is 77.2 Å². The predicted octanol–water partition coefficient (Wildman–Crippen LogP) is 4.43. The molecule has 5 heterocycles. The van der Waals surface area contributed by atoms with Crippen molar-refractivity contribution in [3.8, 4) is 11.3 Å². The standard InChI is InChI=1S/C31H31N9O2/c1-17-13-34-31(36-26-12-18(2)39(3)38-26)37-27(17)22-15-33-28-20(22)6-5-9-25(28)40-16-23-21(30(40)42)7-4-8-24(23)35-29(41)19-10-11-32-14-19/h4-9,12-13,15,19,32-33H,10-11,14,16H2,1-3H3,(H,35,41)(H,34,36,37,38)/t19-/m0/s1. The first kappa shape index (κ1) is 25.9. The van der Waals surface area contributed by atoms with E-state index in [-0.39, 0.29) is 17.7 Å². The number of aryl methyl sites for hydroxylation is 3. The first-order valence-electron chi connectivity index (χ1n) is 14.0. The van der Waals surface area contributed by atoms with Crippen LogP contribution in [0.25, 0.3) is 22.2 Å². The molecule has 2 amide bonds. The van der Waals surface area contributed by atoms with Gasteiger partial charge in [-0.15, -0.1) is 0 Å². The molecular formula is C31H31N9O2. The van der Waals surface area contributed by atoms with Crippen LogP contribution in [-0.2, 0) is 18.4 Å². The van der Waals surface area contributed by atoms with Crippen molar-refractivity contribution in [2.24, 2.45) is 13.0 Å². The number of nitrogens with zero attached hydrogens (tertiary/aromatic N) is 5. The number of benzene rings is 2. The Morgan fingerprint density at radius 3 is 2.76 bits per heavy atom. The summed E-state index contributed by atoms with van der Waals surface area (Å²) in [6.07, 6.45) is 4.53. The van der Waals surface area contributed by atoms with Crippen LogP contribution in [-0.4, -0.2) is 49.6 Å². The predicted molar refractivity (Wildman–Crippen MR) is 162 cm³/mol. The number of rotatable bonds is 6. The van der Waals surface area contributed by atoms with E-state index in [0.29, 0.717) is 36.1 Å². The highest BCUT2D eigenvalue weighted by molar-refractivity contribution is 6.15. The van der Waals surface area contributed by atoms with Crippen molar-refractivity contribution in [2.75, 3.05) is 28.6 Å². The first-order chi connectivity index (χ1) is 20.4. The Hall–Kier alpha value is -5.03. The molecule has 4 N–H and O–H groups in total. The maximum Gasteiger partial charge on any atom is 0.259 e. The van der Waals surface area contributed by atoms with E-state index in [0.717, 1.165) is 57.6 Å². The number of nitrogens with one attached hydrogen (secondary N) is 4. The van der Waals surface area contributed by atoms with Crippen molar-refractivity contribution >= 4 is 45.9 Å². The third-order valence-electron chi connectivity index (χ3n) is 8.22. The van der Waals surface area contributed by atoms with Gasteiger partial charge in [0.25, 0.3) is 5.91 Å². The lowest BCUT2D eigenvalue weighted by Gasteiger charge is -2.17. The fraction of sp³-hybridized carbons (Fsp3) is 0.258. The zero-order chi connectivity index (χ0) is 29.0. The average molecular weight is 562 g/mol. The number of carbonyl (C=O) groups excluding carboxylic acids is 2. The number of aromatic amines is 1. The summed E-state index contributed by atoms with van der Waals surface area (Å²) in [5, 5.41) is 14.9. The van der Waals surface area contributed by atoms with Crippen LogP contribution in [0, 0.1) is 19.8 Å². The van der Waals surface area contributed by atoms with Crippen LogP contribution < -0.4 is 20.9 Å². The number of H-pyrrole nitrogens is 1. The van der Waals surface area contributed by atoms with Gasteiger partial charge in [0, 0.05) is 65.5 Å². The van der Waals surface area contributed by atoms with Crippen LogP contribution in [0.3, 0.4) is 0 Å². The lowest BCUT2D eigenvalue weighted by molar-refractivity contribution is -0.119. The highest BCUT2D eigenvalue weighted by Gasteiger charge is 2.33. The zero-order valence-corrected chi connectivity index (χ0v) is 23.7. The summed E-state index contributed by atoms with van der Waals surface area (Å²) in [4.78, 5) is 41.0. The maximum absolute atomic E-state index is 13.7. The SMILES string of the molecule is Cc1cnc(Nc2cc(C)n(C)n2)nc1-c1c[nH]c2c(N3Cc4c(NC(=O)[C@H]5CCNC5)cccc4C3=O)cccc12. The Balaban J connectivity index is 1.20. The Morgan fingerprint density at radius 1 is 1.12 bits per heavy atom. The lowest BCUT2D eigenvalue weighted by Crippen LogP contribution is -2.25. The van der Waals surface area contributed by atoms with Crippen LogP contribution in [0.2, 0.25) is 0 Å². The molecule has 0 radical (unpaired) electrons. The van der Waals surface area contributed by atoms with Gasteiger partial charge in [0.15, 0.2) is 5.82 Å². The van der Waals surface area contributed by atoms with Crippen molar-refractivity contribution in [3.63, 3.8) is 0 Å².